The lowest BCUT2D eigenvalue weighted by molar-refractivity contribution is 0.0993. The van der Waals surface area contributed by atoms with Crippen LogP contribution < -0.4 is 0 Å². The number of hydrogen-bond donors (Lipinski definition) is 0. The van der Waals surface area contributed by atoms with E-state index in [1.54, 1.807) is 12.1 Å². The van der Waals surface area contributed by atoms with Gasteiger partial charge in [-0.15, -0.1) is 11.3 Å². The van der Waals surface area contributed by atoms with Gasteiger partial charge in [-0.3, -0.25) is 4.79 Å². The molecule has 0 aliphatic heterocycles. The Labute approximate surface area is 95.7 Å². The lowest BCUT2D eigenvalue weighted by Crippen LogP contribution is -2.02. The van der Waals surface area contributed by atoms with E-state index in [1.807, 2.05) is 6.07 Å². The highest BCUT2D eigenvalue weighted by atomic mass is 35.5. The van der Waals surface area contributed by atoms with E-state index in [2.05, 4.69) is 10.2 Å². The summed E-state index contributed by atoms with van der Waals surface area (Å²) in [5, 5.41) is 7.28. The van der Waals surface area contributed by atoms with Crippen molar-refractivity contribution in [2.75, 3.05) is 0 Å². The lowest BCUT2D eigenvalue weighted by Gasteiger charge is -1.96. The van der Waals surface area contributed by atoms with Gasteiger partial charge in [-0.2, -0.15) is 10.2 Å². The molecule has 0 aliphatic rings. The van der Waals surface area contributed by atoms with Crippen molar-refractivity contribution < 1.29 is 4.79 Å². The van der Waals surface area contributed by atoms with E-state index in [0.29, 0.717) is 16.3 Å². The van der Waals surface area contributed by atoms with Crippen molar-refractivity contribution in [1.29, 1.82) is 0 Å². The minimum absolute atomic E-state index is 0.0309. The third-order valence-corrected chi connectivity index (χ3v) is 3.10. The van der Waals surface area contributed by atoms with Gasteiger partial charge in [0.2, 0.25) is 0 Å². The fourth-order valence-corrected chi connectivity index (χ4v) is 2.25. The molecule has 2 heterocycles. The molecule has 0 atom stereocenters. The minimum atomic E-state index is 0.0309. The predicted molar refractivity (Wildman–Crippen MR) is 59.4 cm³/mol. The molecule has 76 valence electrons. The summed E-state index contributed by atoms with van der Waals surface area (Å²) in [7, 11) is 0. The van der Waals surface area contributed by atoms with Crippen LogP contribution in [0.25, 0.3) is 0 Å². The van der Waals surface area contributed by atoms with Gasteiger partial charge < -0.3 is 0 Å². The third-order valence-electron chi connectivity index (χ3n) is 1.87. The Kier molecular flexibility index (Phi) is 3.08. The van der Waals surface area contributed by atoms with E-state index in [0.717, 1.165) is 4.88 Å². The summed E-state index contributed by atoms with van der Waals surface area (Å²) in [5.74, 6) is 0.0309. The van der Waals surface area contributed by atoms with Crippen LogP contribution in [-0.4, -0.2) is 16.0 Å². The summed E-state index contributed by atoms with van der Waals surface area (Å²) in [6.07, 6.45) is 3.34. The van der Waals surface area contributed by atoms with Crippen LogP contribution in [0.5, 0.6) is 0 Å². The van der Waals surface area contributed by atoms with Crippen molar-refractivity contribution in [3.05, 3.63) is 45.4 Å². The molecule has 2 aromatic rings. The Balaban J connectivity index is 2.11. The second-order valence-electron chi connectivity index (χ2n) is 2.94. The van der Waals surface area contributed by atoms with E-state index in [-0.39, 0.29) is 5.78 Å². The zero-order chi connectivity index (χ0) is 10.7. The topological polar surface area (TPSA) is 42.9 Å². The smallest absolute Gasteiger partial charge is 0.169 e. The lowest BCUT2D eigenvalue weighted by atomic mass is 10.1. The monoisotopic (exact) mass is 238 g/mol. The van der Waals surface area contributed by atoms with Gasteiger partial charge in [-0.05, 0) is 18.2 Å². The van der Waals surface area contributed by atoms with Gasteiger partial charge in [0.1, 0.15) is 0 Å². The number of aromatic nitrogens is 2. The summed E-state index contributed by atoms with van der Waals surface area (Å²) >= 11 is 7.19. The van der Waals surface area contributed by atoms with Crippen LogP contribution >= 0.6 is 22.9 Å². The number of rotatable bonds is 3. The zero-order valence-corrected chi connectivity index (χ0v) is 9.26. The quantitative estimate of drug-likeness (QED) is 0.772. The fraction of sp³-hybridized carbons (Fsp3) is 0.100. The van der Waals surface area contributed by atoms with Crippen molar-refractivity contribution in [3.63, 3.8) is 0 Å². The highest BCUT2D eigenvalue weighted by Crippen LogP contribution is 2.22. The summed E-state index contributed by atoms with van der Waals surface area (Å²) in [6, 6.07) is 5.31. The largest absolute Gasteiger partial charge is 0.294 e. The molecule has 15 heavy (non-hydrogen) atoms. The molecule has 0 bridgehead atoms. The summed E-state index contributed by atoms with van der Waals surface area (Å²) in [4.78, 5) is 12.7. The number of carbonyl (C=O) groups is 1. The molecule has 2 aromatic heterocycles. The number of halogens is 1. The third kappa shape index (κ3) is 2.61. The molecule has 2 rings (SSSR count). The highest BCUT2D eigenvalue weighted by Gasteiger charge is 2.08. The standard InChI is InChI=1S/C10H7ClN2OS/c11-10-2-1-8(15-10)5-9(14)7-3-4-12-13-6-7/h1-4,6H,5H2. The van der Waals surface area contributed by atoms with Crippen LogP contribution in [-0.2, 0) is 6.42 Å². The highest BCUT2D eigenvalue weighted by molar-refractivity contribution is 7.16. The Morgan fingerprint density at radius 2 is 2.20 bits per heavy atom. The van der Waals surface area contributed by atoms with Gasteiger partial charge in [0.05, 0.1) is 16.7 Å². The number of ketones is 1. The van der Waals surface area contributed by atoms with Gasteiger partial charge in [-0.25, -0.2) is 0 Å². The van der Waals surface area contributed by atoms with Gasteiger partial charge in [0.25, 0.3) is 0 Å². The maximum absolute atomic E-state index is 11.7. The van der Waals surface area contributed by atoms with Crippen LogP contribution in [0.4, 0.5) is 0 Å². The van der Waals surface area contributed by atoms with Crippen molar-refractivity contribution >= 4 is 28.7 Å². The fourth-order valence-electron chi connectivity index (χ4n) is 1.16. The summed E-state index contributed by atoms with van der Waals surface area (Å²) in [6.45, 7) is 0. The first kappa shape index (κ1) is 10.3. The number of carbonyl (C=O) groups excluding carboxylic acids is 1. The normalized spacial score (nSPS) is 10.2. The maximum Gasteiger partial charge on any atom is 0.169 e. The van der Waals surface area contributed by atoms with Crippen LogP contribution in [0.1, 0.15) is 15.2 Å². The molecule has 0 aromatic carbocycles. The number of Topliss-reactive ketones (excluding diaryl/α,β-unsaturated/α-hetero) is 1. The molecule has 0 saturated heterocycles. The van der Waals surface area contributed by atoms with E-state index >= 15 is 0 Å². The van der Waals surface area contributed by atoms with E-state index in [4.69, 9.17) is 11.6 Å². The molecule has 0 spiro atoms. The number of thiophene rings is 1. The van der Waals surface area contributed by atoms with Gasteiger partial charge in [0, 0.05) is 16.9 Å². The molecule has 3 nitrogen and oxygen atoms in total. The van der Waals surface area contributed by atoms with Crippen LogP contribution in [0.15, 0.2) is 30.6 Å². The Morgan fingerprint density at radius 3 is 2.80 bits per heavy atom. The second-order valence-corrected chi connectivity index (χ2v) is 4.74. The molecule has 0 N–H and O–H groups in total. The Bertz CT molecular complexity index is 469. The van der Waals surface area contributed by atoms with Crippen molar-refractivity contribution in [1.82, 2.24) is 10.2 Å². The van der Waals surface area contributed by atoms with E-state index in [1.165, 1.54) is 23.7 Å². The average molecular weight is 239 g/mol. The van der Waals surface area contributed by atoms with Crippen LogP contribution in [0, 0.1) is 0 Å². The Morgan fingerprint density at radius 1 is 1.33 bits per heavy atom. The SMILES string of the molecule is O=C(Cc1ccc(Cl)s1)c1ccnnc1. The van der Waals surface area contributed by atoms with E-state index < -0.39 is 0 Å². The van der Waals surface area contributed by atoms with E-state index in [9.17, 15) is 4.79 Å². The van der Waals surface area contributed by atoms with Gasteiger partial charge in [0.15, 0.2) is 5.78 Å². The number of hydrogen-bond acceptors (Lipinski definition) is 4. The first-order chi connectivity index (χ1) is 7.25. The number of nitrogens with zero attached hydrogens (tertiary/aromatic N) is 2. The molecule has 0 fully saturated rings. The van der Waals surface area contributed by atoms with Gasteiger partial charge in [-0.1, -0.05) is 11.6 Å². The summed E-state index contributed by atoms with van der Waals surface area (Å²) < 4.78 is 0.700. The molecule has 0 unspecified atom stereocenters. The molecule has 5 heteroatoms. The second kappa shape index (κ2) is 4.51. The van der Waals surface area contributed by atoms with Crippen LogP contribution in [0.3, 0.4) is 0 Å². The van der Waals surface area contributed by atoms with Crippen molar-refractivity contribution in [2.24, 2.45) is 0 Å². The van der Waals surface area contributed by atoms with Crippen molar-refractivity contribution in [3.8, 4) is 0 Å². The zero-order valence-electron chi connectivity index (χ0n) is 7.68. The first-order valence-electron chi connectivity index (χ1n) is 4.30. The first-order valence-corrected chi connectivity index (χ1v) is 5.49. The average Bonchev–Trinajstić information content (AvgIpc) is 2.65. The molecule has 0 amide bonds. The predicted octanol–water partition coefficient (Wildman–Crippen LogP) is 2.62. The molecule has 0 radical (unpaired) electrons. The molecular formula is C10H7ClN2OS. The van der Waals surface area contributed by atoms with Crippen molar-refractivity contribution in [2.45, 2.75) is 6.42 Å². The molecule has 0 aliphatic carbocycles. The van der Waals surface area contributed by atoms with Crippen LogP contribution in [0.2, 0.25) is 4.34 Å². The minimum Gasteiger partial charge on any atom is -0.294 e. The molecule has 0 saturated carbocycles. The maximum atomic E-state index is 11.7. The van der Waals surface area contributed by atoms with Gasteiger partial charge >= 0.3 is 0 Å². The molecular weight excluding hydrogens is 232 g/mol. The summed E-state index contributed by atoms with van der Waals surface area (Å²) in [5.41, 5.74) is 0.578. The Hall–Kier alpha value is -1.26.